The lowest BCUT2D eigenvalue weighted by molar-refractivity contribution is -0.148. The third-order valence-corrected chi connectivity index (χ3v) is 3.87. The van der Waals surface area contributed by atoms with Crippen LogP contribution in [0.1, 0.15) is 24.9 Å². The number of amides is 1. The Morgan fingerprint density at radius 3 is 2.81 bits per heavy atom. The molecule has 0 aromatic heterocycles. The van der Waals surface area contributed by atoms with Crippen molar-refractivity contribution in [3.05, 3.63) is 48.0 Å². The van der Waals surface area contributed by atoms with Crippen molar-refractivity contribution in [2.45, 2.75) is 19.4 Å². The number of ether oxygens (including phenoxy) is 1. The summed E-state index contributed by atoms with van der Waals surface area (Å²) in [6, 6.07) is 13.6. The van der Waals surface area contributed by atoms with Gasteiger partial charge in [0.25, 0.3) is 0 Å². The highest BCUT2D eigenvalue weighted by Gasteiger charge is 2.39. The van der Waals surface area contributed by atoms with Crippen molar-refractivity contribution in [1.29, 1.82) is 0 Å². The van der Waals surface area contributed by atoms with Gasteiger partial charge in [-0.2, -0.15) is 0 Å². The van der Waals surface area contributed by atoms with Crippen molar-refractivity contribution in [3.8, 4) is 0 Å². The molecule has 1 aliphatic rings. The third kappa shape index (κ3) is 2.49. The van der Waals surface area contributed by atoms with E-state index in [1.54, 1.807) is 6.92 Å². The van der Waals surface area contributed by atoms with E-state index in [0.29, 0.717) is 6.61 Å². The minimum Gasteiger partial charge on any atom is -0.466 e. The third-order valence-electron chi connectivity index (χ3n) is 3.87. The van der Waals surface area contributed by atoms with Crippen LogP contribution in [0.3, 0.4) is 0 Å². The Labute approximate surface area is 123 Å². The van der Waals surface area contributed by atoms with Gasteiger partial charge in [0.15, 0.2) is 0 Å². The smallest absolute Gasteiger partial charge is 0.311 e. The van der Waals surface area contributed by atoms with Crippen LogP contribution < -0.4 is 5.32 Å². The van der Waals surface area contributed by atoms with Gasteiger partial charge >= 0.3 is 5.97 Å². The molecule has 0 bridgehead atoms. The van der Waals surface area contributed by atoms with E-state index in [0.717, 1.165) is 16.3 Å². The van der Waals surface area contributed by atoms with Crippen molar-refractivity contribution >= 4 is 22.6 Å². The van der Waals surface area contributed by atoms with Crippen LogP contribution in [-0.4, -0.2) is 18.5 Å². The number of carbonyl (C=O) groups excluding carboxylic acids is 2. The summed E-state index contributed by atoms with van der Waals surface area (Å²) < 4.78 is 5.11. The Bertz CT molecular complexity index is 690. The number of hydrogen-bond acceptors (Lipinski definition) is 3. The predicted molar refractivity (Wildman–Crippen MR) is 79.6 cm³/mol. The highest BCUT2D eigenvalue weighted by Crippen LogP contribution is 2.35. The second-order valence-electron chi connectivity index (χ2n) is 5.18. The molecule has 2 aromatic rings. The molecule has 3 rings (SSSR count). The van der Waals surface area contributed by atoms with E-state index in [1.807, 2.05) is 42.5 Å². The first kappa shape index (κ1) is 13.6. The average molecular weight is 283 g/mol. The van der Waals surface area contributed by atoms with Crippen LogP contribution in [0.5, 0.6) is 0 Å². The Kier molecular flexibility index (Phi) is 3.60. The molecule has 1 fully saturated rings. The van der Waals surface area contributed by atoms with Crippen LogP contribution in [0, 0.1) is 5.92 Å². The second-order valence-corrected chi connectivity index (χ2v) is 5.18. The summed E-state index contributed by atoms with van der Waals surface area (Å²) in [6.07, 6.45) is 0.187. The number of nitrogens with one attached hydrogen (secondary N) is 1. The Morgan fingerprint density at radius 2 is 2.00 bits per heavy atom. The first-order chi connectivity index (χ1) is 10.2. The SMILES string of the molecule is CCOC(=O)C1CC(=O)NC1c1cccc2ccccc12. The van der Waals surface area contributed by atoms with Gasteiger partial charge in [0, 0.05) is 6.42 Å². The van der Waals surface area contributed by atoms with Gasteiger partial charge in [0.05, 0.1) is 18.6 Å². The van der Waals surface area contributed by atoms with Crippen LogP contribution in [-0.2, 0) is 14.3 Å². The summed E-state index contributed by atoms with van der Waals surface area (Å²) in [5.41, 5.74) is 0.969. The molecule has 4 heteroatoms. The fourth-order valence-corrected chi connectivity index (χ4v) is 2.94. The molecule has 1 aliphatic heterocycles. The van der Waals surface area contributed by atoms with Gasteiger partial charge in [-0.15, -0.1) is 0 Å². The van der Waals surface area contributed by atoms with Crippen molar-refractivity contribution in [2.24, 2.45) is 5.92 Å². The predicted octanol–water partition coefficient (Wildman–Crippen LogP) is 2.58. The Balaban J connectivity index is 2.03. The van der Waals surface area contributed by atoms with E-state index in [2.05, 4.69) is 5.32 Å². The standard InChI is InChI=1S/C17H17NO3/c1-2-21-17(20)14-10-15(19)18-16(14)13-9-5-7-11-6-3-4-8-12(11)13/h3-9,14,16H,2,10H2,1H3,(H,18,19). The van der Waals surface area contributed by atoms with Gasteiger partial charge in [-0.3, -0.25) is 9.59 Å². The van der Waals surface area contributed by atoms with Crippen molar-refractivity contribution < 1.29 is 14.3 Å². The topological polar surface area (TPSA) is 55.4 Å². The zero-order valence-corrected chi connectivity index (χ0v) is 11.8. The van der Waals surface area contributed by atoms with E-state index in [4.69, 9.17) is 4.74 Å². The quantitative estimate of drug-likeness (QED) is 0.881. The number of carbonyl (C=O) groups is 2. The van der Waals surface area contributed by atoms with E-state index >= 15 is 0 Å². The highest BCUT2D eigenvalue weighted by molar-refractivity contribution is 5.91. The molecule has 0 aliphatic carbocycles. The normalized spacial score (nSPS) is 21.3. The summed E-state index contributed by atoms with van der Waals surface area (Å²) in [5, 5.41) is 5.06. The van der Waals surface area contributed by atoms with Gasteiger partial charge in [0.2, 0.25) is 5.91 Å². The van der Waals surface area contributed by atoms with Crippen LogP contribution in [0.2, 0.25) is 0 Å². The number of benzene rings is 2. The van der Waals surface area contributed by atoms with E-state index in [9.17, 15) is 9.59 Å². The highest BCUT2D eigenvalue weighted by atomic mass is 16.5. The monoisotopic (exact) mass is 283 g/mol. The molecular formula is C17H17NO3. The van der Waals surface area contributed by atoms with Gasteiger partial charge < -0.3 is 10.1 Å². The summed E-state index contributed by atoms with van der Waals surface area (Å²) in [4.78, 5) is 23.9. The summed E-state index contributed by atoms with van der Waals surface area (Å²) >= 11 is 0. The first-order valence-electron chi connectivity index (χ1n) is 7.14. The fraction of sp³-hybridized carbons (Fsp3) is 0.294. The van der Waals surface area contributed by atoms with Crippen LogP contribution in [0.15, 0.2) is 42.5 Å². The second kappa shape index (κ2) is 5.56. The molecule has 1 amide bonds. The maximum Gasteiger partial charge on any atom is 0.311 e. The lowest BCUT2D eigenvalue weighted by Crippen LogP contribution is -2.26. The molecule has 21 heavy (non-hydrogen) atoms. The molecule has 0 radical (unpaired) electrons. The number of fused-ring (bicyclic) bond motifs is 1. The zero-order valence-electron chi connectivity index (χ0n) is 11.8. The fourth-order valence-electron chi connectivity index (χ4n) is 2.94. The van der Waals surface area contributed by atoms with E-state index in [-0.39, 0.29) is 24.3 Å². The lowest BCUT2D eigenvalue weighted by Gasteiger charge is -2.19. The van der Waals surface area contributed by atoms with Gasteiger partial charge in [-0.25, -0.2) is 0 Å². The largest absolute Gasteiger partial charge is 0.466 e. The van der Waals surface area contributed by atoms with Gasteiger partial charge in [-0.05, 0) is 23.3 Å². The molecule has 0 spiro atoms. The zero-order chi connectivity index (χ0) is 14.8. The number of esters is 1. The minimum absolute atomic E-state index is 0.106. The van der Waals surface area contributed by atoms with Crippen molar-refractivity contribution in [3.63, 3.8) is 0 Å². The lowest BCUT2D eigenvalue weighted by atomic mass is 9.90. The molecule has 1 saturated heterocycles. The summed E-state index contributed by atoms with van der Waals surface area (Å²) in [6.45, 7) is 2.10. The summed E-state index contributed by atoms with van der Waals surface area (Å²) in [5.74, 6) is -0.872. The molecule has 1 N–H and O–H groups in total. The van der Waals surface area contributed by atoms with Crippen LogP contribution >= 0.6 is 0 Å². The molecule has 2 unspecified atom stereocenters. The van der Waals surface area contributed by atoms with Crippen molar-refractivity contribution in [2.75, 3.05) is 6.61 Å². The van der Waals surface area contributed by atoms with Gasteiger partial charge in [0.1, 0.15) is 0 Å². The molecule has 0 saturated carbocycles. The molecular weight excluding hydrogens is 266 g/mol. The maximum absolute atomic E-state index is 12.1. The van der Waals surface area contributed by atoms with Crippen LogP contribution in [0.25, 0.3) is 10.8 Å². The van der Waals surface area contributed by atoms with Crippen LogP contribution in [0.4, 0.5) is 0 Å². The Morgan fingerprint density at radius 1 is 1.24 bits per heavy atom. The first-order valence-corrected chi connectivity index (χ1v) is 7.14. The van der Waals surface area contributed by atoms with E-state index in [1.165, 1.54) is 0 Å². The Hall–Kier alpha value is -2.36. The molecule has 4 nitrogen and oxygen atoms in total. The number of hydrogen-bond donors (Lipinski definition) is 1. The van der Waals surface area contributed by atoms with E-state index < -0.39 is 5.92 Å². The minimum atomic E-state index is -0.455. The van der Waals surface area contributed by atoms with Gasteiger partial charge in [-0.1, -0.05) is 42.5 Å². The van der Waals surface area contributed by atoms with Crippen molar-refractivity contribution in [1.82, 2.24) is 5.32 Å². The summed E-state index contributed by atoms with van der Waals surface area (Å²) in [7, 11) is 0. The maximum atomic E-state index is 12.1. The molecule has 2 atom stereocenters. The molecule has 2 aromatic carbocycles. The molecule has 108 valence electrons. The molecule has 1 heterocycles. The number of rotatable bonds is 3. The average Bonchev–Trinajstić information content (AvgIpc) is 2.89.